The highest BCUT2D eigenvalue weighted by Crippen LogP contribution is 2.29. The van der Waals surface area contributed by atoms with Crippen LogP contribution < -0.4 is 10.1 Å². The molecule has 24 heavy (non-hydrogen) atoms. The predicted octanol–water partition coefficient (Wildman–Crippen LogP) is 2.00. The van der Waals surface area contributed by atoms with Gasteiger partial charge >= 0.3 is 0 Å². The molecule has 0 aromatic carbocycles. The molecule has 1 aliphatic heterocycles. The van der Waals surface area contributed by atoms with E-state index in [1.54, 1.807) is 12.1 Å². The summed E-state index contributed by atoms with van der Waals surface area (Å²) in [6, 6.07) is 3.46. The highest BCUT2D eigenvalue weighted by Gasteiger charge is 2.22. The van der Waals surface area contributed by atoms with Gasteiger partial charge in [-0.1, -0.05) is 6.42 Å². The average molecular weight is 331 g/mol. The molecular formula is C18H25N3O3. The molecule has 2 aliphatic rings. The number of hydrogen-bond donors (Lipinski definition) is 1. The van der Waals surface area contributed by atoms with Crippen LogP contribution in [0.15, 0.2) is 18.3 Å². The first kappa shape index (κ1) is 16.7. The van der Waals surface area contributed by atoms with Crippen molar-refractivity contribution in [1.29, 1.82) is 0 Å². The average Bonchev–Trinajstić information content (AvgIpc) is 3.43. The molecule has 2 heterocycles. The van der Waals surface area contributed by atoms with Crippen LogP contribution in [0.5, 0.6) is 5.88 Å². The summed E-state index contributed by atoms with van der Waals surface area (Å²) in [4.78, 5) is 30.1. The largest absolute Gasteiger partial charge is 0.477 e. The first-order valence-electron chi connectivity index (χ1n) is 8.87. The molecule has 1 saturated heterocycles. The number of rotatable bonds is 7. The van der Waals surface area contributed by atoms with E-state index in [1.807, 2.05) is 4.90 Å². The van der Waals surface area contributed by atoms with Gasteiger partial charge < -0.3 is 15.0 Å². The van der Waals surface area contributed by atoms with Crippen molar-refractivity contribution < 1.29 is 14.3 Å². The molecule has 1 saturated carbocycles. The molecule has 1 aromatic rings. The van der Waals surface area contributed by atoms with Crippen molar-refractivity contribution in [3.05, 3.63) is 23.9 Å². The molecule has 6 heteroatoms. The summed E-state index contributed by atoms with van der Waals surface area (Å²) in [5, 5.41) is 2.85. The zero-order valence-corrected chi connectivity index (χ0v) is 14.0. The standard InChI is InChI=1S/C18H25N3O3/c22-17-4-2-1-3-10-21(17)11-9-19-18(23)15-7-8-16(20-12-15)24-13-14-5-6-14/h7-8,12,14H,1-6,9-11,13H2,(H,19,23). The number of amides is 2. The minimum atomic E-state index is -0.168. The van der Waals surface area contributed by atoms with Gasteiger partial charge in [-0.3, -0.25) is 9.59 Å². The van der Waals surface area contributed by atoms with E-state index in [1.165, 1.54) is 19.0 Å². The van der Waals surface area contributed by atoms with E-state index in [4.69, 9.17) is 4.74 Å². The third-order valence-corrected chi connectivity index (χ3v) is 4.50. The molecule has 1 aliphatic carbocycles. The molecule has 130 valence electrons. The Morgan fingerprint density at radius 3 is 2.92 bits per heavy atom. The van der Waals surface area contributed by atoms with Gasteiger partial charge in [0.05, 0.1) is 12.2 Å². The highest BCUT2D eigenvalue weighted by molar-refractivity contribution is 5.93. The summed E-state index contributed by atoms with van der Waals surface area (Å²) in [6.07, 6.45) is 7.76. The van der Waals surface area contributed by atoms with Crippen molar-refractivity contribution in [3.63, 3.8) is 0 Å². The van der Waals surface area contributed by atoms with E-state index < -0.39 is 0 Å². The Bertz CT molecular complexity index is 569. The van der Waals surface area contributed by atoms with Crippen LogP contribution in [0.4, 0.5) is 0 Å². The van der Waals surface area contributed by atoms with Crippen LogP contribution in [-0.4, -0.2) is 47.9 Å². The van der Waals surface area contributed by atoms with Crippen molar-refractivity contribution in [1.82, 2.24) is 15.2 Å². The second kappa shape index (κ2) is 8.13. The summed E-state index contributed by atoms with van der Waals surface area (Å²) >= 11 is 0. The van der Waals surface area contributed by atoms with Gasteiger partial charge in [-0.2, -0.15) is 0 Å². The second-order valence-electron chi connectivity index (χ2n) is 6.59. The van der Waals surface area contributed by atoms with Gasteiger partial charge in [0, 0.05) is 38.3 Å². The Balaban J connectivity index is 1.41. The van der Waals surface area contributed by atoms with E-state index >= 15 is 0 Å². The molecule has 0 atom stereocenters. The van der Waals surface area contributed by atoms with Crippen LogP contribution in [0.1, 0.15) is 48.9 Å². The zero-order valence-electron chi connectivity index (χ0n) is 14.0. The fourth-order valence-electron chi connectivity index (χ4n) is 2.77. The number of carbonyl (C=O) groups is 2. The third kappa shape index (κ3) is 4.94. The minimum absolute atomic E-state index is 0.168. The van der Waals surface area contributed by atoms with E-state index in [0.717, 1.165) is 25.8 Å². The maximum atomic E-state index is 12.1. The normalized spacial score (nSPS) is 18.2. The molecule has 0 bridgehead atoms. The van der Waals surface area contributed by atoms with Crippen molar-refractivity contribution >= 4 is 11.8 Å². The molecule has 0 unspecified atom stereocenters. The van der Waals surface area contributed by atoms with Gasteiger partial charge in [-0.15, -0.1) is 0 Å². The van der Waals surface area contributed by atoms with Crippen LogP contribution in [0, 0.1) is 5.92 Å². The van der Waals surface area contributed by atoms with Crippen LogP contribution in [0.25, 0.3) is 0 Å². The lowest BCUT2D eigenvalue weighted by Crippen LogP contribution is -2.38. The Kier molecular flexibility index (Phi) is 5.67. The lowest BCUT2D eigenvalue weighted by Gasteiger charge is -2.20. The number of ether oxygens (including phenoxy) is 1. The predicted molar refractivity (Wildman–Crippen MR) is 89.8 cm³/mol. The molecular weight excluding hydrogens is 306 g/mol. The lowest BCUT2D eigenvalue weighted by molar-refractivity contribution is -0.130. The van der Waals surface area contributed by atoms with Crippen LogP contribution in [-0.2, 0) is 4.79 Å². The number of hydrogen-bond acceptors (Lipinski definition) is 4. The number of pyridine rings is 1. The quantitative estimate of drug-likeness (QED) is 0.829. The third-order valence-electron chi connectivity index (χ3n) is 4.50. The smallest absolute Gasteiger partial charge is 0.252 e. The summed E-state index contributed by atoms with van der Waals surface area (Å²) < 4.78 is 5.56. The van der Waals surface area contributed by atoms with E-state index in [0.29, 0.717) is 43.5 Å². The molecule has 2 amide bonds. The van der Waals surface area contributed by atoms with Crippen molar-refractivity contribution in [2.24, 2.45) is 5.92 Å². The number of likely N-dealkylation sites (tertiary alicyclic amines) is 1. The minimum Gasteiger partial charge on any atom is -0.477 e. The first-order chi connectivity index (χ1) is 11.7. The number of carbonyl (C=O) groups excluding carboxylic acids is 2. The van der Waals surface area contributed by atoms with E-state index in [9.17, 15) is 9.59 Å². The highest BCUT2D eigenvalue weighted by atomic mass is 16.5. The summed E-state index contributed by atoms with van der Waals surface area (Å²) in [5.41, 5.74) is 0.510. The van der Waals surface area contributed by atoms with Crippen molar-refractivity contribution in [2.75, 3.05) is 26.2 Å². The maximum Gasteiger partial charge on any atom is 0.252 e. The van der Waals surface area contributed by atoms with Gasteiger partial charge in [0.15, 0.2) is 0 Å². The Labute approximate surface area is 142 Å². The summed E-state index contributed by atoms with van der Waals surface area (Å²) in [5.74, 6) is 1.27. The van der Waals surface area contributed by atoms with Crippen LogP contribution >= 0.6 is 0 Å². The molecule has 1 aromatic heterocycles. The van der Waals surface area contributed by atoms with Crippen LogP contribution in [0.2, 0.25) is 0 Å². The van der Waals surface area contributed by atoms with Crippen LogP contribution in [0.3, 0.4) is 0 Å². The van der Waals surface area contributed by atoms with E-state index in [-0.39, 0.29) is 11.8 Å². The molecule has 1 N–H and O–H groups in total. The van der Waals surface area contributed by atoms with E-state index in [2.05, 4.69) is 10.3 Å². The Morgan fingerprint density at radius 1 is 1.29 bits per heavy atom. The molecule has 0 spiro atoms. The Morgan fingerprint density at radius 2 is 2.17 bits per heavy atom. The van der Waals surface area contributed by atoms with Crippen molar-refractivity contribution in [2.45, 2.75) is 38.5 Å². The van der Waals surface area contributed by atoms with Gasteiger partial charge in [0.1, 0.15) is 0 Å². The van der Waals surface area contributed by atoms with Gasteiger partial charge in [-0.05, 0) is 37.7 Å². The fraction of sp³-hybridized carbons (Fsp3) is 0.611. The molecule has 6 nitrogen and oxygen atoms in total. The van der Waals surface area contributed by atoms with Gasteiger partial charge in [0.2, 0.25) is 11.8 Å². The number of nitrogens with one attached hydrogen (secondary N) is 1. The number of nitrogens with zero attached hydrogens (tertiary/aromatic N) is 2. The summed E-state index contributed by atoms with van der Waals surface area (Å²) in [7, 11) is 0. The fourth-order valence-corrected chi connectivity index (χ4v) is 2.77. The zero-order chi connectivity index (χ0) is 16.8. The second-order valence-corrected chi connectivity index (χ2v) is 6.59. The topological polar surface area (TPSA) is 71.5 Å². The SMILES string of the molecule is O=C(NCCN1CCCCCC1=O)c1ccc(OCC2CC2)nc1. The van der Waals surface area contributed by atoms with Crippen molar-refractivity contribution in [3.8, 4) is 5.88 Å². The Hall–Kier alpha value is -2.11. The first-order valence-corrected chi connectivity index (χ1v) is 8.87. The maximum absolute atomic E-state index is 12.1. The lowest BCUT2D eigenvalue weighted by atomic mass is 10.2. The monoisotopic (exact) mass is 331 g/mol. The number of aromatic nitrogens is 1. The molecule has 3 rings (SSSR count). The summed E-state index contributed by atoms with van der Waals surface area (Å²) in [6.45, 7) is 2.54. The molecule has 2 fully saturated rings. The van der Waals surface area contributed by atoms with Gasteiger partial charge in [-0.25, -0.2) is 4.98 Å². The molecule has 0 radical (unpaired) electrons. The van der Waals surface area contributed by atoms with Gasteiger partial charge in [0.25, 0.3) is 5.91 Å².